The molecule has 20 heavy (non-hydrogen) atoms. The predicted molar refractivity (Wildman–Crippen MR) is 85.3 cm³/mol. The van der Waals surface area contributed by atoms with Crippen molar-refractivity contribution in [2.24, 2.45) is 0 Å². The monoisotopic (exact) mass is 338 g/mol. The molecule has 0 saturated carbocycles. The summed E-state index contributed by atoms with van der Waals surface area (Å²) in [5.74, 6) is 0. The minimum absolute atomic E-state index is 0.734. The molecule has 6 heteroatoms. The Hall–Kier alpha value is -1.24. The number of hydrogen-bond acceptors (Lipinski definition) is 5. The van der Waals surface area contributed by atoms with Gasteiger partial charge in [-0.15, -0.1) is 0 Å². The normalized spacial score (nSPS) is 10.9. The summed E-state index contributed by atoms with van der Waals surface area (Å²) in [6, 6.07) is 3.98. The Bertz CT molecular complexity index is 564. The molecular formula is C14H19BrN4O. The fraction of sp³-hybridized carbons (Fsp3) is 0.429. The molecule has 0 atom stereocenters. The van der Waals surface area contributed by atoms with Crippen molar-refractivity contribution < 1.29 is 4.74 Å². The molecule has 0 fully saturated rings. The zero-order valence-corrected chi connectivity index (χ0v) is 13.4. The molecule has 2 heterocycles. The number of halogens is 1. The highest BCUT2D eigenvalue weighted by Gasteiger charge is 2.08. The molecule has 0 aliphatic rings. The van der Waals surface area contributed by atoms with E-state index in [9.17, 15) is 0 Å². The smallest absolute Gasteiger partial charge is 0.112 e. The van der Waals surface area contributed by atoms with Gasteiger partial charge in [-0.05, 0) is 28.1 Å². The molecule has 5 nitrogen and oxygen atoms in total. The van der Waals surface area contributed by atoms with E-state index in [4.69, 9.17) is 4.74 Å². The summed E-state index contributed by atoms with van der Waals surface area (Å²) in [5, 5.41) is 3.33. The van der Waals surface area contributed by atoms with E-state index in [0.29, 0.717) is 0 Å². The molecule has 0 amide bonds. The number of aromatic nitrogens is 2. The lowest BCUT2D eigenvalue weighted by atomic mass is 10.2. The second-order valence-corrected chi connectivity index (χ2v) is 5.43. The highest BCUT2D eigenvalue weighted by atomic mass is 79.9. The Balaban J connectivity index is 2.04. The molecule has 2 aromatic rings. The van der Waals surface area contributed by atoms with Crippen LogP contribution in [0.5, 0.6) is 0 Å². The summed E-state index contributed by atoms with van der Waals surface area (Å²) in [7, 11) is 3.78. The Labute approximate surface area is 127 Å². The lowest BCUT2D eigenvalue weighted by molar-refractivity contribution is 0.200. The van der Waals surface area contributed by atoms with Gasteiger partial charge in [0.1, 0.15) is 5.52 Å². The molecule has 0 saturated heterocycles. The molecule has 0 radical (unpaired) electrons. The maximum atomic E-state index is 5.00. The molecular weight excluding hydrogens is 320 g/mol. The number of ether oxygens (including phenoxy) is 1. The van der Waals surface area contributed by atoms with Crippen molar-refractivity contribution in [2.45, 2.75) is 0 Å². The summed E-state index contributed by atoms with van der Waals surface area (Å²) in [6.45, 7) is 3.41. The van der Waals surface area contributed by atoms with E-state index in [0.717, 1.165) is 47.4 Å². The van der Waals surface area contributed by atoms with Crippen molar-refractivity contribution in [1.29, 1.82) is 0 Å². The van der Waals surface area contributed by atoms with Crippen LogP contribution < -0.4 is 10.2 Å². The number of fused-ring (bicyclic) bond motifs is 1. The van der Waals surface area contributed by atoms with Crippen LogP contribution in [-0.4, -0.2) is 50.4 Å². The van der Waals surface area contributed by atoms with E-state index in [-0.39, 0.29) is 0 Å². The number of pyridine rings is 2. The first-order valence-corrected chi connectivity index (χ1v) is 7.32. The van der Waals surface area contributed by atoms with Gasteiger partial charge in [0, 0.05) is 50.7 Å². The van der Waals surface area contributed by atoms with Crippen LogP contribution in [0.3, 0.4) is 0 Å². The van der Waals surface area contributed by atoms with Gasteiger partial charge in [-0.25, -0.2) is 0 Å². The van der Waals surface area contributed by atoms with Crippen LogP contribution in [0, 0.1) is 0 Å². The number of likely N-dealkylation sites (N-methyl/N-ethyl adjacent to an activating group) is 1. The van der Waals surface area contributed by atoms with Crippen LogP contribution in [0.2, 0.25) is 0 Å². The first-order chi connectivity index (χ1) is 9.72. The van der Waals surface area contributed by atoms with Gasteiger partial charge < -0.3 is 15.0 Å². The molecule has 0 spiro atoms. The van der Waals surface area contributed by atoms with E-state index in [1.165, 1.54) is 0 Å². The molecule has 0 aromatic carbocycles. The van der Waals surface area contributed by atoms with E-state index < -0.39 is 0 Å². The third-order valence-corrected chi connectivity index (χ3v) is 3.47. The van der Waals surface area contributed by atoms with Gasteiger partial charge in [0.15, 0.2) is 0 Å². The average Bonchev–Trinajstić information content (AvgIpc) is 2.46. The fourth-order valence-corrected chi connectivity index (χ4v) is 2.29. The Kier molecular flexibility index (Phi) is 5.70. The first-order valence-electron chi connectivity index (χ1n) is 6.53. The van der Waals surface area contributed by atoms with E-state index in [1.54, 1.807) is 13.3 Å². The highest BCUT2D eigenvalue weighted by Crippen LogP contribution is 2.24. The van der Waals surface area contributed by atoms with Crippen LogP contribution in [-0.2, 0) is 4.74 Å². The van der Waals surface area contributed by atoms with Crippen molar-refractivity contribution in [1.82, 2.24) is 15.3 Å². The number of methoxy groups -OCH3 is 1. The number of anilines is 1. The number of nitrogens with one attached hydrogen (secondary N) is 1. The van der Waals surface area contributed by atoms with Crippen molar-refractivity contribution in [3.8, 4) is 0 Å². The van der Waals surface area contributed by atoms with Crippen LogP contribution >= 0.6 is 15.9 Å². The largest absolute Gasteiger partial charge is 0.383 e. The van der Waals surface area contributed by atoms with Crippen molar-refractivity contribution in [3.63, 3.8) is 0 Å². The van der Waals surface area contributed by atoms with Gasteiger partial charge >= 0.3 is 0 Å². The summed E-state index contributed by atoms with van der Waals surface area (Å²) < 4.78 is 5.95. The average molecular weight is 339 g/mol. The predicted octanol–water partition coefficient (Wildman–Crippen LogP) is 2.06. The van der Waals surface area contributed by atoms with Crippen molar-refractivity contribution >= 4 is 32.7 Å². The lowest BCUT2D eigenvalue weighted by Crippen LogP contribution is -2.31. The Morgan fingerprint density at radius 3 is 3.00 bits per heavy atom. The maximum Gasteiger partial charge on any atom is 0.112 e. The zero-order valence-electron chi connectivity index (χ0n) is 11.8. The molecule has 2 aromatic heterocycles. The van der Waals surface area contributed by atoms with Gasteiger partial charge in [-0.2, -0.15) is 0 Å². The molecule has 0 aliphatic heterocycles. The van der Waals surface area contributed by atoms with Crippen LogP contribution in [0.25, 0.3) is 11.0 Å². The van der Waals surface area contributed by atoms with Crippen LogP contribution in [0.4, 0.5) is 5.69 Å². The minimum atomic E-state index is 0.734. The topological polar surface area (TPSA) is 50.3 Å². The maximum absolute atomic E-state index is 5.00. The molecule has 0 bridgehead atoms. The van der Waals surface area contributed by atoms with Gasteiger partial charge in [0.05, 0.1) is 17.8 Å². The van der Waals surface area contributed by atoms with Crippen LogP contribution in [0.15, 0.2) is 29.0 Å². The van der Waals surface area contributed by atoms with Crippen molar-refractivity contribution in [3.05, 3.63) is 29.0 Å². The third-order valence-electron chi connectivity index (χ3n) is 3.04. The van der Waals surface area contributed by atoms with E-state index >= 15 is 0 Å². The summed E-state index contributed by atoms with van der Waals surface area (Å²) in [6.07, 6.45) is 3.62. The highest BCUT2D eigenvalue weighted by molar-refractivity contribution is 9.10. The first kappa shape index (κ1) is 15.2. The third kappa shape index (κ3) is 3.88. The van der Waals surface area contributed by atoms with E-state index in [1.807, 2.05) is 18.3 Å². The zero-order chi connectivity index (χ0) is 14.4. The van der Waals surface area contributed by atoms with Gasteiger partial charge in [-0.1, -0.05) is 0 Å². The standard InChI is InChI=1S/C14H19BrN4O/c1-19(7-5-16-6-8-20-2)13-3-4-17-12-9-11(15)10-18-14(12)13/h3-4,9-10,16H,5-8H2,1-2H3. The van der Waals surface area contributed by atoms with Gasteiger partial charge in [0.25, 0.3) is 0 Å². The lowest BCUT2D eigenvalue weighted by Gasteiger charge is -2.20. The molecule has 0 unspecified atom stereocenters. The molecule has 0 aliphatic carbocycles. The second-order valence-electron chi connectivity index (χ2n) is 4.52. The quantitative estimate of drug-likeness (QED) is 0.783. The van der Waals surface area contributed by atoms with E-state index in [2.05, 4.69) is 43.2 Å². The SMILES string of the molecule is COCCNCCN(C)c1ccnc2cc(Br)cnc12. The molecule has 108 valence electrons. The molecule has 2 rings (SSSR count). The van der Waals surface area contributed by atoms with Crippen molar-refractivity contribution in [2.75, 3.05) is 45.3 Å². The minimum Gasteiger partial charge on any atom is -0.383 e. The summed E-state index contributed by atoms with van der Waals surface area (Å²) >= 11 is 3.42. The molecule has 1 N–H and O–H groups in total. The Morgan fingerprint density at radius 1 is 1.35 bits per heavy atom. The summed E-state index contributed by atoms with van der Waals surface area (Å²) in [4.78, 5) is 11.0. The second kappa shape index (κ2) is 7.52. The Morgan fingerprint density at radius 2 is 2.20 bits per heavy atom. The van der Waals surface area contributed by atoms with Gasteiger partial charge in [-0.3, -0.25) is 9.97 Å². The fourth-order valence-electron chi connectivity index (χ4n) is 1.97. The number of hydrogen-bond donors (Lipinski definition) is 1. The summed E-state index contributed by atoms with van der Waals surface area (Å²) in [5.41, 5.74) is 2.92. The number of rotatable bonds is 7. The number of nitrogens with zero attached hydrogens (tertiary/aromatic N) is 3. The van der Waals surface area contributed by atoms with Gasteiger partial charge in [0.2, 0.25) is 0 Å². The van der Waals surface area contributed by atoms with Crippen LogP contribution in [0.1, 0.15) is 0 Å².